The van der Waals surface area contributed by atoms with Crippen molar-refractivity contribution in [3.63, 3.8) is 0 Å². The largest absolute Gasteiger partial charge is 0.378 e. The zero-order valence-corrected chi connectivity index (χ0v) is 17.2. The minimum atomic E-state index is -2.45. The van der Waals surface area contributed by atoms with E-state index >= 15 is 0 Å². The molecule has 0 radical (unpaired) electrons. The fourth-order valence-corrected chi connectivity index (χ4v) is 6.23. The van der Waals surface area contributed by atoms with Crippen LogP contribution >= 0.6 is 6.42 Å². The molecule has 4 rings (SSSR count). The average molecular weight is 385 g/mol. The van der Waals surface area contributed by atoms with Crippen molar-refractivity contribution >= 4 is 40.7 Å². The van der Waals surface area contributed by atoms with E-state index in [4.69, 9.17) is 21.1 Å². The molecule has 0 saturated carbocycles. The van der Waals surface area contributed by atoms with E-state index in [0.29, 0.717) is 6.61 Å². The molecule has 0 saturated heterocycles. The molecule has 0 spiro atoms. The SMILES string of the molecule is CCCCOP1(=S)N=C2c3ccccc3CN2c2cc(N(C)C)ccc21. The molecule has 0 aromatic heterocycles. The standard InChI is InChI=1S/C20H24N3OPS/c1-4-5-12-24-25(26)19-11-10-16(22(2)3)13-18(19)23-14-15-8-6-7-9-17(15)20(23)21-25/h6-11,13H,4-5,12,14H2,1-3H3. The van der Waals surface area contributed by atoms with Gasteiger partial charge in [0.05, 0.1) is 24.1 Å². The number of fused-ring (bicyclic) bond motifs is 5. The second kappa shape index (κ2) is 6.80. The van der Waals surface area contributed by atoms with Crippen LogP contribution in [0.3, 0.4) is 0 Å². The summed E-state index contributed by atoms with van der Waals surface area (Å²) in [4.78, 5) is 4.41. The molecule has 1 unspecified atom stereocenters. The number of rotatable bonds is 5. The topological polar surface area (TPSA) is 28.1 Å². The lowest BCUT2D eigenvalue weighted by molar-refractivity contribution is 0.345. The van der Waals surface area contributed by atoms with Crippen molar-refractivity contribution in [3.8, 4) is 0 Å². The predicted molar refractivity (Wildman–Crippen MR) is 115 cm³/mol. The van der Waals surface area contributed by atoms with E-state index in [1.165, 1.54) is 11.1 Å². The quantitative estimate of drug-likeness (QED) is 0.567. The Bertz CT molecular complexity index is 925. The van der Waals surface area contributed by atoms with Crippen LogP contribution in [0.4, 0.5) is 11.4 Å². The van der Waals surface area contributed by atoms with Crippen molar-refractivity contribution in [2.24, 2.45) is 4.76 Å². The van der Waals surface area contributed by atoms with Gasteiger partial charge in [-0.05, 0) is 42.0 Å². The summed E-state index contributed by atoms with van der Waals surface area (Å²) in [6.45, 7) is 3.67. The Hall–Kier alpha value is -1.68. The lowest BCUT2D eigenvalue weighted by Gasteiger charge is -2.33. The molecule has 0 amide bonds. The molecular formula is C20H24N3OPS. The first kappa shape index (κ1) is 17.7. The van der Waals surface area contributed by atoms with Crippen molar-refractivity contribution in [2.45, 2.75) is 26.3 Å². The van der Waals surface area contributed by atoms with Crippen LogP contribution in [0.15, 0.2) is 47.2 Å². The van der Waals surface area contributed by atoms with Crippen LogP contribution in [0.25, 0.3) is 0 Å². The summed E-state index contributed by atoms with van der Waals surface area (Å²) in [7, 11) is 4.12. The van der Waals surface area contributed by atoms with Crippen LogP contribution in [-0.2, 0) is 22.9 Å². The molecule has 6 heteroatoms. The van der Waals surface area contributed by atoms with E-state index in [-0.39, 0.29) is 0 Å². The smallest absolute Gasteiger partial charge is 0.208 e. The highest BCUT2D eigenvalue weighted by Gasteiger charge is 2.38. The molecule has 0 fully saturated rings. The molecule has 26 heavy (non-hydrogen) atoms. The zero-order chi connectivity index (χ0) is 18.3. The van der Waals surface area contributed by atoms with E-state index in [1.807, 2.05) is 0 Å². The highest BCUT2D eigenvalue weighted by Crippen LogP contribution is 2.55. The van der Waals surface area contributed by atoms with Gasteiger partial charge in [-0.25, -0.2) is 4.76 Å². The molecule has 4 nitrogen and oxygen atoms in total. The van der Waals surface area contributed by atoms with Gasteiger partial charge < -0.3 is 14.3 Å². The lowest BCUT2D eigenvalue weighted by atomic mass is 10.1. The maximum atomic E-state index is 6.26. The van der Waals surface area contributed by atoms with Crippen LogP contribution in [0, 0.1) is 0 Å². The second-order valence-corrected chi connectivity index (χ2v) is 10.4. The van der Waals surface area contributed by atoms with Crippen LogP contribution in [-0.4, -0.2) is 26.5 Å². The Kier molecular flexibility index (Phi) is 4.64. The molecule has 2 heterocycles. The Morgan fingerprint density at radius 1 is 1.23 bits per heavy atom. The minimum absolute atomic E-state index is 0.668. The summed E-state index contributed by atoms with van der Waals surface area (Å²) in [5.74, 6) is 0.976. The molecule has 1 atom stereocenters. The summed E-state index contributed by atoms with van der Waals surface area (Å²) in [6.07, 6.45) is -0.349. The highest BCUT2D eigenvalue weighted by molar-refractivity contribution is 8.15. The molecule has 2 aromatic rings. The molecule has 2 aliphatic rings. The molecule has 0 aliphatic carbocycles. The van der Waals surface area contributed by atoms with Crippen LogP contribution in [0.5, 0.6) is 0 Å². The number of nitrogens with zero attached hydrogens (tertiary/aromatic N) is 3. The first-order valence-electron chi connectivity index (χ1n) is 9.06. The Labute approximate surface area is 160 Å². The summed E-state index contributed by atoms with van der Waals surface area (Å²) >= 11 is 6.04. The summed E-state index contributed by atoms with van der Waals surface area (Å²) in [6, 6.07) is 14.9. The first-order valence-corrected chi connectivity index (χ1v) is 11.7. The van der Waals surface area contributed by atoms with E-state index < -0.39 is 6.42 Å². The van der Waals surface area contributed by atoms with Crippen LogP contribution in [0.1, 0.15) is 30.9 Å². The molecule has 2 aliphatic heterocycles. The van der Waals surface area contributed by atoms with Gasteiger partial charge in [0, 0.05) is 25.3 Å². The number of anilines is 2. The van der Waals surface area contributed by atoms with Gasteiger partial charge in [0.15, 0.2) is 0 Å². The van der Waals surface area contributed by atoms with E-state index in [2.05, 4.69) is 73.3 Å². The zero-order valence-electron chi connectivity index (χ0n) is 15.5. The van der Waals surface area contributed by atoms with Gasteiger partial charge in [-0.15, -0.1) is 0 Å². The van der Waals surface area contributed by atoms with Gasteiger partial charge in [-0.3, -0.25) is 0 Å². The number of benzene rings is 2. The predicted octanol–water partition coefficient (Wildman–Crippen LogP) is 4.28. The molecular weight excluding hydrogens is 361 g/mol. The van der Waals surface area contributed by atoms with Crippen molar-refractivity contribution in [1.82, 2.24) is 0 Å². The molecule has 136 valence electrons. The summed E-state index contributed by atoms with van der Waals surface area (Å²) in [5, 5.41) is 1.07. The van der Waals surface area contributed by atoms with Gasteiger partial charge in [-0.2, -0.15) is 0 Å². The van der Waals surface area contributed by atoms with Gasteiger partial charge in [0.1, 0.15) is 5.84 Å². The normalized spacial score (nSPS) is 20.3. The third kappa shape index (κ3) is 2.88. The number of hydrogen-bond donors (Lipinski definition) is 0. The van der Waals surface area contributed by atoms with Gasteiger partial charge >= 0.3 is 0 Å². The van der Waals surface area contributed by atoms with Crippen molar-refractivity contribution in [1.29, 1.82) is 0 Å². The first-order chi connectivity index (χ1) is 12.5. The fourth-order valence-electron chi connectivity index (χ4n) is 3.43. The molecule has 0 bridgehead atoms. The van der Waals surface area contributed by atoms with E-state index in [9.17, 15) is 0 Å². The van der Waals surface area contributed by atoms with Gasteiger partial charge in [-0.1, -0.05) is 37.6 Å². The fraction of sp³-hybridized carbons (Fsp3) is 0.350. The maximum absolute atomic E-state index is 6.26. The van der Waals surface area contributed by atoms with Gasteiger partial charge in [0.2, 0.25) is 6.42 Å². The van der Waals surface area contributed by atoms with Crippen LogP contribution in [0.2, 0.25) is 0 Å². The lowest BCUT2D eigenvalue weighted by Crippen LogP contribution is -2.33. The highest BCUT2D eigenvalue weighted by atomic mass is 32.4. The minimum Gasteiger partial charge on any atom is -0.378 e. The van der Waals surface area contributed by atoms with Crippen molar-refractivity contribution < 1.29 is 4.52 Å². The van der Waals surface area contributed by atoms with E-state index in [0.717, 1.165) is 41.9 Å². The Morgan fingerprint density at radius 3 is 2.81 bits per heavy atom. The Morgan fingerprint density at radius 2 is 2.04 bits per heavy atom. The average Bonchev–Trinajstić information content (AvgIpc) is 3.00. The Balaban J connectivity index is 1.86. The summed E-state index contributed by atoms with van der Waals surface area (Å²) < 4.78 is 11.3. The number of unbranched alkanes of at least 4 members (excludes halogenated alkanes) is 1. The summed E-state index contributed by atoms with van der Waals surface area (Å²) in [5.41, 5.74) is 4.79. The monoisotopic (exact) mass is 385 g/mol. The maximum Gasteiger partial charge on any atom is 0.208 e. The third-order valence-electron chi connectivity index (χ3n) is 4.90. The van der Waals surface area contributed by atoms with Gasteiger partial charge in [0.25, 0.3) is 0 Å². The molecule has 2 aromatic carbocycles. The third-order valence-corrected chi connectivity index (χ3v) is 8.03. The van der Waals surface area contributed by atoms with E-state index in [1.54, 1.807) is 0 Å². The van der Waals surface area contributed by atoms with Crippen molar-refractivity contribution in [3.05, 3.63) is 53.6 Å². The van der Waals surface area contributed by atoms with Crippen LogP contribution < -0.4 is 15.1 Å². The molecule has 0 N–H and O–H groups in total. The van der Waals surface area contributed by atoms with Crippen molar-refractivity contribution in [2.75, 3.05) is 30.5 Å². The number of amidine groups is 1. The second-order valence-electron chi connectivity index (χ2n) is 6.94. The number of hydrogen-bond acceptors (Lipinski definition) is 4.